The average molecular weight is 304 g/mol. The molecule has 1 aromatic carbocycles. The molecule has 3 atom stereocenters. The Hall–Kier alpha value is -1.75. The molecule has 1 aromatic rings. The molecule has 1 heterocycles. The van der Waals surface area contributed by atoms with Gasteiger partial charge < -0.3 is 20.1 Å². The van der Waals surface area contributed by atoms with Crippen LogP contribution in [0.25, 0.3) is 0 Å². The highest BCUT2D eigenvalue weighted by molar-refractivity contribution is 5.80. The molecule has 1 amide bonds. The molecule has 0 aromatic heterocycles. The number of hydrogen-bond acceptors (Lipinski definition) is 4. The van der Waals surface area contributed by atoms with E-state index in [0.29, 0.717) is 0 Å². The second kappa shape index (κ2) is 6.57. The van der Waals surface area contributed by atoms with Gasteiger partial charge in [-0.25, -0.2) is 0 Å². The topological polar surface area (TPSA) is 61.8 Å². The third kappa shape index (κ3) is 3.04. The van der Waals surface area contributed by atoms with Crippen molar-refractivity contribution in [2.24, 2.45) is 5.92 Å². The third-order valence-electron chi connectivity index (χ3n) is 4.78. The summed E-state index contributed by atoms with van der Waals surface area (Å²) >= 11 is 0. The van der Waals surface area contributed by atoms with Gasteiger partial charge in [-0.2, -0.15) is 0 Å². The van der Waals surface area contributed by atoms with Crippen molar-refractivity contribution in [3.05, 3.63) is 24.3 Å². The molecule has 22 heavy (non-hydrogen) atoms. The first-order valence-corrected chi connectivity index (χ1v) is 8.05. The lowest BCUT2D eigenvalue weighted by Gasteiger charge is -2.22. The normalized spacial score (nSPS) is 27.9. The van der Waals surface area contributed by atoms with Gasteiger partial charge in [0, 0.05) is 19.1 Å². The molecule has 2 aliphatic rings. The molecule has 2 N–H and O–H groups in total. The maximum atomic E-state index is 12.3. The quantitative estimate of drug-likeness (QED) is 0.886. The minimum absolute atomic E-state index is 0.0110. The fourth-order valence-corrected chi connectivity index (χ4v) is 3.54. The Morgan fingerprint density at radius 2 is 2.14 bits per heavy atom. The molecule has 1 aliphatic heterocycles. The predicted molar refractivity (Wildman–Crippen MR) is 85.1 cm³/mol. The Morgan fingerprint density at radius 1 is 1.32 bits per heavy atom. The summed E-state index contributed by atoms with van der Waals surface area (Å²) < 4.78 is 5.41. The van der Waals surface area contributed by atoms with Crippen molar-refractivity contribution in [3.63, 3.8) is 0 Å². The van der Waals surface area contributed by atoms with Crippen LogP contribution in [-0.4, -0.2) is 43.4 Å². The van der Waals surface area contributed by atoms with Gasteiger partial charge in [0.05, 0.1) is 24.8 Å². The highest BCUT2D eigenvalue weighted by Crippen LogP contribution is 2.31. The number of anilines is 1. The van der Waals surface area contributed by atoms with E-state index in [-0.39, 0.29) is 17.9 Å². The molecule has 5 heteroatoms. The summed E-state index contributed by atoms with van der Waals surface area (Å²) in [7, 11) is 1.68. The Balaban J connectivity index is 1.59. The summed E-state index contributed by atoms with van der Waals surface area (Å²) in [5.74, 6) is 0.651. The van der Waals surface area contributed by atoms with E-state index in [1.807, 2.05) is 24.3 Å². The zero-order chi connectivity index (χ0) is 15.5. The highest BCUT2D eigenvalue weighted by atomic mass is 16.5. The van der Waals surface area contributed by atoms with E-state index in [1.165, 1.54) is 0 Å². The van der Waals surface area contributed by atoms with Gasteiger partial charge >= 0.3 is 0 Å². The van der Waals surface area contributed by atoms with Gasteiger partial charge in [0.15, 0.2) is 0 Å². The number of hydrogen-bond donors (Lipinski definition) is 2. The monoisotopic (exact) mass is 304 g/mol. The number of carbonyl (C=O) groups excluding carboxylic acids is 1. The van der Waals surface area contributed by atoms with Crippen LogP contribution < -0.4 is 15.0 Å². The summed E-state index contributed by atoms with van der Waals surface area (Å²) in [6, 6.07) is 8.10. The largest absolute Gasteiger partial charge is 0.495 e. The molecule has 3 unspecified atom stereocenters. The Bertz CT molecular complexity index is 534. The molecular weight excluding hydrogens is 280 g/mol. The van der Waals surface area contributed by atoms with Crippen molar-refractivity contribution >= 4 is 11.6 Å². The molecule has 120 valence electrons. The van der Waals surface area contributed by atoms with Crippen LogP contribution in [0.2, 0.25) is 0 Å². The Kier molecular flexibility index (Phi) is 4.52. The van der Waals surface area contributed by atoms with Crippen LogP contribution in [-0.2, 0) is 4.79 Å². The predicted octanol–water partition coefficient (Wildman–Crippen LogP) is 1.55. The van der Waals surface area contributed by atoms with Crippen LogP contribution in [0.15, 0.2) is 24.3 Å². The van der Waals surface area contributed by atoms with Gasteiger partial charge in [-0.05, 0) is 37.8 Å². The maximum Gasteiger partial charge on any atom is 0.226 e. The van der Waals surface area contributed by atoms with Crippen molar-refractivity contribution in [2.45, 2.75) is 37.8 Å². The lowest BCUT2D eigenvalue weighted by atomic mass is 10.0. The number of aliphatic hydroxyl groups excluding tert-OH is 1. The van der Waals surface area contributed by atoms with E-state index in [4.69, 9.17) is 4.74 Å². The number of amides is 1. The Morgan fingerprint density at radius 3 is 2.86 bits per heavy atom. The fraction of sp³-hybridized carbons (Fsp3) is 0.588. The van der Waals surface area contributed by atoms with Gasteiger partial charge in [0.2, 0.25) is 5.91 Å². The molecule has 0 spiro atoms. The second-order valence-electron chi connectivity index (χ2n) is 6.22. The van der Waals surface area contributed by atoms with Crippen molar-refractivity contribution in [3.8, 4) is 5.75 Å². The molecule has 2 fully saturated rings. The van der Waals surface area contributed by atoms with Crippen LogP contribution in [0.4, 0.5) is 5.69 Å². The van der Waals surface area contributed by atoms with Gasteiger partial charge in [-0.3, -0.25) is 4.79 Å². The van der Waals surface area contributed by atoms with Gasteiger partial charge in [0.25, 0.3) is 0 Å². The standard InChI is InChI=1S/C17H24N2O3/c1-22-16-8-3-2-6-14(16)19-10-9-12(11-19)18-17(21)13-5-4-7-15(13)20/h2-3,6,8,12-13,15,20H,4-5,7,9-11H2,1H3,(H,18,21). The zero-order valence-corrected chi connectivity index (χ0v) is 13.0. The molecule has 1 aliphatic carbocycles. The molecule has 5 nitrogen and oxygen atoms in total. The van der Waals surface area contributed by atoms with E-state index >= 15 is 0 Å². The van der Waals surface area contributed by atoms with E-state index in [9.17, 15) is 9.90 Å². The van der Waals surface area contributed by atoms with E-state index in [2.05, 4.69) is 10.2 Å². The van der Waals surface area contributed by atoms with Crippen molar-refractivity contribution < 1.29 is 14.6 Å². The lowest BCUT2D eigenvalue weighted by Crippen LogP contribution is -2.42. The maximum absolute atomic E-state index is 12.3. The Labute approximate surface area is 131 Å². The second-order valence-corrected chi connectivity index (χ2v) is 6.22. The molecule has 0 bridgehead atoms. The van der Waals surface area contributed by atoms with Crippen LogP contribution in [0.5, 0.6) is 5.75 Å². The van der Waals surface area contributed by atoms with Crippen molar-refractivity contribution in [1.29, 1.82) is 0 Å². The fourth-order valence-electron chi connectivity index (χ4n) is 3.54. The summed E-state index contributed by atoms with van der Waals surface area (Å²) in [6.07, 6.45) is 2.95. The number of rotatable bonds is 4. The first kappa shape index (κ1) is 15.2. The summed E-state index contributed by atoms with van der Waals surface area (Å²) in [4.78, 5) is 14.5. The zero-order valence-electron chi connectivity index (χ0n) is 13.0. The first-order valence-electron chi connectivity index (χ1n) is 8.05. The third-order valence-corrected chi connectivity index (χ3v) is 4.78. The van der Waals surface area contributed by atoms with Crippen molar-refractivity contribution in [2.75, 3.05) is 25.1 Å². The summed E-state index contributed by atoms with van der Waals surface area (Å²) in [5.41, 5.74) is 1.07. The first-order chi connectivity index (χ1) is 10.7. The van der Waals surface area contributed by atoms with Crippen LogP contribution in [0, 0.1) is 5.92 Å². The number of para-hydroxylation sites is 2. The van der Waals surface area contributed by atoms with Gasteiger partial charge in [0.1, 0.15) is 5.75 Å². The number of carbonyl (C=O) groups is 1. The van der Waals surface area contributed by atoms with Gasteiger partial charge in [-0.1, -0.05) is 12.1 Å². The van der Waals surface area contributed by atoms with Crippen LogP contribution in [0.1, 0.15) is 25.7 Å². The number of aliphatic hydroxyl groups is 1. The summed E-state index contributed by atoms with van der Waals surface area (Å²) in [5, 5.41) is 13.0. The molecular formula is C17H24N2O3. The van der Waals surface area contributed by atoms with Crippen LogP contribution in [0.3, 0.4) is 0 Å². The smallest absolute Gasteiger partial charge is 0.226 e. The van der Waals surface area contributed by atoms with Crippen molar-refractivity contribution in [1.82, 2.24) is 5.32 Å². The summed E-state index contributed by atoms with van der Waals surface area (Å²) in [6.45, 7) is 1.69. The molecule has 0 radical (unpaired) electrons. The minimum atomic E-state index is -0.466. The van der Waals surface area contributed by atoms with E-state index in [1.54, 1.807) is 7.11 Å². The molecule has 1 saturated heterocycles. The number of methoxy groups -OCH3 is 1. The minimum Gasteiger partial charge on any atom is -0.495 e. The number of ether oxygens (including phenoxy) is 1. The highest BCUT2D eigenvalue weighted by Gasteiger charge is 2.34. The van der Waals surface area contributed by atoms with Gasteiger partial charge in [-0.15, -0.1) is 0 Å². The number of benzene rings is 1. The van der Waals surface area contributed by atoms with E-state index < -0.39 is 6.10 Å². The molecule has 3 rings (SSSR count). The average Bonchev–Trinajstić information content (AvgIpc) is 3.16. The molecule has 1 saturated carbocycles. The number of nitrogens with zero attached hydrogens (tertiary/aromatic N) is 1. The van der Waals surface area contributed by atoms with E-state index in [0.717, 1.165) is 50.2 Å². The van der Waals surface area contributed by atoms with Crippen LogP contribution >= 0.6 is 0 Å². The number of nitrogens with one attached hydrogen (secondary N) is 1. The SMILES string of the molecule is COc1ccccc1N1CCC(NC(=O)C2CCCC2O)C1. The lowest BCUT2D eigenvalue weighted by molar-refractivity contribution is -0.128.